The number of rotatable bonds is 2. The Morgan fingerprint density at radius 3 is 3.00 bits per heavy atom. The number of carbonyl (C=O) groups is 1. The minimum atomic E-state index is 0.167. The summed E-state index contributed by atoms with van der Waals surface area (Å²) in [5, 5.41) is 0. The van der Waals surface area contributed by atoms with Gasteiger partial charge in [-0.3, -0.25) is 4.79 Å². The smallest absolute Gasteiger partial charge is 0.162 e. The summed E-state index contributed by atoms with van der Waals surface area (Å²) < 4.78 is 0. The highest BCUT2D eigenvalue weighted by atomic mass is 16.1. The van der Waals surface area contributed by atoms with Crippen LogP contribution >= 0.6 is 0 Å². The molecule has 0 atom stereocenters. The lowest BCUT2D eigenvalue weighted by Crippen LogP contribution is -1.97. The van der Waals surface area contributed by atoms with Crippen molar-refractivity contribution in [2.24, 2.45) is 0 Å². The number of aromatic amines is 1. The first-order chi connectivity index (χ1) is 6.24. The van der Waals surface area contributed by atoms with Crippen LogP contribution in [0.4, 0.5) is 0 Å². The maximum atomic E-state index is 11.4. The van der Waals surface area contributed by atoms with Crippen LogP contribution in [0.1, 0.15) is 41.2 Å². The van der Waals surface area contributed by atoms with E-state index in [1.807, 2.05) is 6.08 Å². The predicted molar refractivity (Wildman–Crippen MR) is 52.9 cm³/mol. The minimum absolute atomic E-state index is 0.167. The van der Waals surface area contributed by atoms with Crippen LogP contribution < -0.4 is 0 Å². The van der Waals surface area contributed by atoms with Gasteiger partial charge in [0.2, 0.25) is 0 Å². The second-order valence-corrected chi connectivity index (χ2v) is 3.39. The van der Waals surface area contributed by atoms with Gasteiger partial charge < -0.3 is 4.98 Å². The lowest BCUT2D eigenvalue weighted by atomic mass is 10.1. The molecule has 1 heterocycles. The number of ketones is 1. The lowest BCUT2D eigenvalue weighted by Gasteiger charge is -1.97. The summed E-state index contributed by atoms with van der Waals surface area (Å²) >= 11 is 0. The van der Waals surface area contributed by atoms with Crippen molar-refractivity contribution in [1.82, 2.24) is 4.98 Å². The van der Waals surface area contributed by atoms with E-state index in [1.165, 1.54) is 5.69 Å². The molecule has 0 aromatic carbocycles. The SMILES string of the molecule is CCc1[nH]c2c(c1C(C)=O)C=CC2. The average molecular weight is 175 g/mol. The van der Waals surface area contributed by atoms with Gasteiger partial charge in [-0.1, -0.05) is 19.1 Å². The van der Waals surface area contributed by atoms with Gasteiger partial charge in [-0.15, -0.1) is 0 Å². The molecule has 0 saturated heterocycles. The molecule has 13 heavy (non-hydrogen) atoms. The van der Waals surface area contributed by atoms with Crippen LogP contribution in [0.5, 0.6) is 0 Å². The molecule has 0 spiro atoms. The summed E-state index contributed by atoms with van der Waals surface area (Å²) in [7, 11) is 0. The van der Waals surface area contributed by atoms with E-state index in [4.69, 9.17) is 0 Å². The Morgan fingerprint density at radius 1 is 1.62 bits per heavy atom. The number of nitrogens with one attached hydrogen (secondary N) is 1. The van der Waals surface area contributed by atoms with E-state index in [-0.39, 0.29) is 5.78 Å². The van der Waals surface area contributed by atoms with Crippen LogP contribution in [-0.2, 0) is 12.8 Å². The van der Waals surface area contributed by atoms with E-state index in [2.05, 4.69) is 18.0 Å². The summed E-state index contributed by atoms with van der Waals surface area (Å²) in [5.74, 6) is 0.167. The fourth-order valence-electron chi connectivity index (χ4n) is 1.93. The molecule has 0 radical (unpaired) electrons. The molecule has 0 bridgehead atoms. The van der Waals surface area contributed by atoms with Crippen LogP contribution in [0.25, 0.3) is 6.08 Å². The van der Waals surface area contributed by atoms with E-state index < -0.39 is 0 Å². The molecule has 1 N–H and O–H groups in total. The highest BCUT2D eigenvalue weighted by Crippen LogP contribution is 2.26. The number of fused-ring (bicyclic) bond motifs is 1. The van der Waals surface area contributed by atoms with Crippen molar-refractivity contribution < 1.29 is 4.79 Å². The fourth-order valence-corrected chi connectivity index (χ4v) is 1.93. The Kier molecular flexibility index (Phi) is 1.83. The standard InChI is InChI=1S/C11H13NO/c1-3-9-11(7(2)13)8-5-4-6-10(8)12-9/h4-5,12H,3,6H2,1-2H3. The predicted octanol–water partition coefficient (Wildman–Crippen LogP) is 2.35. The molecule has 1 aliphatic rings. The number of Topliss-reactive ketones (excluding diaryl/α,β-unsaturated/α-hetero) is 1. The van der Waals surface area contributed by atoms with Gasteiger partial charge in [0.25, 0.3) is 0 Å². The Hall–Kier alpha value is -1.31. The van der Waals surface area contributed by atoms with Crippen LogP contribution in [0.3, 0.4) is 0 Å². The second-order valence-electron chi connectivity index (χ2n) is 3.39. The van der Waals surface area contributed by atoms with Crippen molar-refractivity contribution in [2.75, 3.05) is 0 Å². The molecular formula is C11H13NO. The molecule has 1 aromatic heterocycles. The Labute approximate surface area is 77.7 Å². The third-order valence-electron chi connectivity index (χ3n) is 2.51. The van der Waals surface area contributed by atoms with E-state index in [0.29, 0.717) is 0 Å². The van der Waals surface area contributed by atoms with E-state index in [0.717, 1.165) is 29.7 Å². The summed E-state index contributed by atoms with van der Waals surface area (Å²) in [6.07, 6.45) is 5.97. The molecule has 0 amide bonds. The van der Waals surface area contributed by atoms with Gasteiger partial charge in [0.15, 0.2) is 5.78 Å². The lowest BCUT2D eigenvalue weighted by molar-refractivity contribution is 0.101. The summed E-state index contributed by atoms with van der Waals surface area (Å²) in [5.41, 5.74) is 4.29. The molecular weight excluding hydrogens is 162 g/mol. The van der Waals surface area contributed by atoms with Crippen molar-refractivity contribution in [3.8, 4) is 0 Å². The van der Waals surface area contributed by atoms with Gasteiger partial charge in [0, 0.05) is 28.9 Å². The first-order valence-electron chi connectivity index (χ1n) is 4.65. The number of carbonyl (C=O) groups excluding carboxylic acids is 1. The fraction of sp³-hybridized carbons (Fsp3) is 0.364. The zero-order valence-corrected chi connectivity index (χ0v) is 7.98. The zero-order valence-electron chi connectivity index (χ0n) is 7.98. The van der Waals surface area contributed by atoms with Crippen LogP contribution in [0.2, 0.25) is 0 Å². The van der Waals surface area contributed by atoms with Gasteiger partial charge >= 0.3 is 0 Å². The Bertz CT molecular complexity index is 385. The van der Waals surface area contributed by atoms with E-state index in [1.54, 1.807) is 6.92 Å². The number of aromatic nitrogens is 1. The molecule has 0 fully saturated rings. The number of hydrogen-bond donors (Lipinski definition) is 1. The van der Waals surface area contributed by atoms with Gasteiger partial charge in [0.05, 0.1) is 0 Å². The summed E-state index contributed by atoms with van der Waals surface area (Å²) in [6.45, 7) is 3.70. The number of H-pyrrole nitrogens is 1. The number of hydrogen-bond acceptors (Lipinski definition) is 1. The second kappa shape index (κ2) is 2.87. The van der Waals surface area contributed by atoms with Gasteiger partial charge in [-0.2, -0.15) is 0 Å². The molecule has 0 aliphatic heterocycles. The molecule has 0 unspecified atom stereocenters. The first kappa shape index (κ1) is 8.30. The maximum Gasteiger partial charge on any atom is 0.162 e. The summed E-state index contributed by atoms with van der Waals surface area (Å²) in [4.78, 5) is 14.7. The maximum absolute atomic E-state index is 11.4. The average Bonchev–Trinajstić information content (AvgIpc) is 2.59. The first-order valence-corrected chi connectivity index (χ1v) is 4.65. The molecule has 1 aliphatic carbocycles. The van der Waals surface area contributed by atoms with Gasteiger partial charge in [-0.05, 0) is 13.3 Å². The Balaban J connectivity index is 2.62. The molecule has 0 saturated carbocycles. The minimum Gasteiger partial charge on any atom is -0.361 e. The largest absolute Gasteiger partial charge is 0.361 e. The van der Waals surface area contributed by atoms with Crippen LogP contribution in [-0.4, -0.2) is 10.8 Å². The third kappa shape index (κ3) is 1.13. The highest BCUT2D eigenvalue weighted by Gasteiger charge is 2.19. The van der Waals surface area contributed by atoms with E-state index in [9.17, 15) is 4.79 Å². The zero-order chi connectivity index (χ0) is 9.42. The van der Waals surface area contributed by atoms with Gasteiger partial charge in [0.1, 0.15) is 0 Å². The van der Waals surface area contributed by atoms with Crippen molar-refractivity contribution in [1.29, 1.82) is 0 Å². The van der Waals surface area contributed by atoms with Crippen LogP contribution in [0.15, 0.2) is 6.08 Å². The van der Waals surface area contributed by atoms with Crippen molar-refractivity contribution in [2.45, 2.75) is 26.7 Å². The molecule has 2 heteroatoms. The molecule has 2 nitrogen and oxygen atoms in total. The van der Waals surface area contributed by atoms with Crippen molar-refractivity contribution in [3.05, 3.63) is 28.6 Å². The van der Waals surface area contributed by atoms with Crippen molar-refractivity contribution >= 4 is 11.9 Å². The monoisotopic (exact) mass is 175 g/mol. The normalized spacial score (nSPS) is 13.4. The van der Waals surface area contributed by atoms with Crippen LogP contribution in [0, 0.1) is 0 Å². The quantitative estimate of drug-likeness (QED) is 0.687. The topological polar surface area (TPSA) is 32.9 Å². The van der Waals surface area contributed by atoms with E-state index >= 15 is 0 Å². The number of aryl methyl sites for hydroxylation is 1. The molecule has 2 rings (SSSR count). The highest BCUT2D eigenvalue weighted by molar-refractivity contribution is 6.00. The molecule has 1 aromatic rings. The Morgan fingerprint density at radius 2 is 2.38 bits per heavy atom. The third-order valence-corrected chi connectivity index (χ3v) is 2.51. The van der Waals surface area contributed by atoms with Crippen molar-refractivity contribution in [3.63, 3.8) is 0 Å². The number of allylic oxidation sites excluding steroid dienone is 1. The van der Waals surface area contributed by atoms with Gasteiger partial charge in [-0.25, -0.2) is 0 Å². The molecule has 68 valence electrons. The summed E-state index contributed by atoms with van der Waals surface area (Å²) in [6, 6.07) is 0.